The highest BCUT2D eigenvalue weighted by Crippen LogP contribution is 2.53. The lowest BCUT2D eigenvalue weighted by Crippen LogP contribution is -2.04. The third-order valence-corrected chi connectivity index (χ3v) is 5.46. The largest absolute Gasteiger partial charge is 0.192 e. The molecule has 0 aliphatic heterocycles. The van der Waals surface area contributed by atoms with Crippen LogP contribution in [0.15, 0.2) is 52.1 Å². The average Bonchev–Trinajstić information content (AvgIpc) is 2.51. The third kappa shape index (κ3) is 3.55. The van der Waals surface area contributed by atoms with Gasteiger partial charge in [-0.1, -0.05) is 30.3 Å². The predicted molar refractivity (Wildman–Crippen MR) is 80.8 cm³/mol. The quantitative estimate of drug-likeness (QED) is 0.629. The Morgan fingerprint density at radius 3 is 1.48 bits per heavy atom. The lowest BCUT2D eigenvalue weighted by molar-refractivity contribution is 1.42. The van der Waals surface area contributed by atoms with Gasteiger partial charge in [-0.2, -0.15) is 21.0 Å². The van der Waals surface area contributed by atoms with Crippen molar-refractivity contribution < 1.29 is 0 Å². The Kier molecular flexibility index (Phi) is 5.86. The van der Waals surface area contributed by atoms with Crippen molar-refractivity contribution in [2.24, 2.45) is 0 Å². The van der Waals surface area contributed by atoms with Gasteiger partial charge < -0.3 is 0 Å². The fourth-order valence-electron chi connectivity index (χ4n) is 1.81. The monoisotopic (exact) mass is 290 g/mol. The summed E-state index contributed by atoms with van der Waals surface area (Å²) in [6.07, 6.45) is 0. The first-order valence-corrected chi connectivity index (χ1v) is 7.32. The number of rotatable bonds is 3. The van der Waals surface area contributed by atoms with Crippen molar-refractivity contribution in [3.63, 3.8) is 0 Å². The van der Waals surface area contributed by atoms with Gasteiger partial charge in [0.2, 0.25) is 0 Å². The molecule has 0 aliphatic rings. The first-order valence-electron chi connectivity index (χ1n) is 5.98. The van der Waals surface area contributed by atoms with Crippen molar-refractivity contribution in [3.8, 4) is 24.3 Å². The molecule has 1 aromatic carbocycles. The summed E-state index contributed by atoms with van der Waals surface area (Å²) in [5.74, 6) is 0. The Morgan fingerprint density at radius 2 is 1.14 bits per heavy atom. The zero-order chi connectivity index (χ0) is 15.8. The fraction of sp³-hybridized carbons (Fsp3) is 0.125. The molecule has 0 spiro atoms. The molecule has 1 rings (SSSR count). The van der Waals surface area contributed by atoms with E-state index in [1.54, 1.807) is 13.8 Å². The van der Waals surface area contributed by atoms with Crippen molar-refractivity contribution in [1.82, 2.24) is 0 Å². The van der Waals surface area contributed by atoms with Gasteiger partial charge in [-0.25, -0.2) is 0 Å². The molecule has 0 aromatic heterocycles. The van der Waals surface area contributed by atoms with Gasteiger partial charge in [0.25, 0.3) is 0 Å². The summed E-state index contributed by atoms with van der Waals surface area (Å²) in [6.45, 7) is 3.41. The Balaban J connectivity index is 3.65. The molecule has 0 bridgehead atoms. The molecule has 1 aromatic rings. The van der Waals surface area contributed by atoms with E-state index in [2.05, 4.69) is 0 Å². The Labute approximate surface area is 125 Å². The molecule has 0 aliphatic carbocycles. The number of nitrogens with zero attached hydrogens (tertiary/aromatic N) is 4. The molecular weight excluding hydrogens is 279 g/mol. The van der Waals surface area contributed by atoms with E-state index in [1.165, 1.54) is 0 Å². The van der Waals surface area contributed by atoms with Gasteiger partial charge >= 0.3 is 0 Å². The van der Waals surface area contributed by atoms with Crippen LogP contribution in [0.5, 0.6) is 0 Å². The highest BCUT2D eigenvalue weighted by atomic mass is 31.1. The molecule has 0 N–H and O–H groups in total. The standard InChI is InChI=1S/C16H11N4P/c1-12(14(8-17)9-18)21(13(2)15(10-19)11-20)16-6-4-3-5-7-16/h3-7H,1-2H3. The van der Waals surface area contributed by atoms with Crippen LogP contribution in [0.4, 0.5) is 0 Å². The van der Waals surface area contributed by atoms with E-state index < -0.39 is 7.92 Å². The summed E-state index contributed by atoms with van der Waals surface area (Å²) in [6, 6.07) is 16.8. The van der Waals surface area contributed by atoms with Gasteiger partial charge in [0.15, 0.2) is 0 Å². The van der Waals surface area contributed by atoms with Crippen molar-refractivity contribution in [2.45, 2.75) is 13.8 Å². The molecule has 0 unspecified atom stereocenters. The lowest BCUT2D eigenvalue weighted by Gasteiger charge is -2.20. The van der Waals surface area contributed by atoms with Crippen LogP contribution in [0.3, 0.4) is 0 Å². The molecule has 0 atom stereocenters. The van der Waals surface area contributed by atoms with Crippen LogP contribution in [0, 0.1) is 45.3 Å². The third-order valence-electron chi connectivity index (χ3n) is 2.86. The number of hydrogen-bond donors (Lipinski definition) is 0. The molecule has 0 heterocycles. The summed E-state index contributed by atoms with van der Waals surface area (Å²) in [5.41, 5.74) is 0.0547. The summed E-state index contributed by atoms with van der Waals surface area (Å²) < 4.78 is 0. The molecular formula is C16H11N4P. The molecule has 0 radical (unpaired) electrons. The van der Waals surface area contributed by atoms with Crippen LogP contribution in [-0.2, 0) is 0 Å². The first-order chi connectivity index (χ1) is 10.1. The Bertz CT molecular complexity index is 682. The zero-order valence-corrected chi connectivity index (χ0v) is 12.5. The SMILES string of the molecule is CC(=C(C#N)C#N)P(C(C)=C(C#N)C#N)c1ccccc1. The van der Waals surface area contributed by atoms with E-state index in [0.29, 0.717) is 10.6 Å². The maximum absolute atomic E-state index is 9.06. The average molecular weight is 290 g/mol. The van der Waals surface area contributed by atoms with E-state index in [9.17, 15) is 0 Å². The van der Waals surface area contributed by atoms with E-state index in [1.807, 2.05) is 54.6 Å². The van der Waals surface area contributed by atoms with E-state index in [0.717, 1.165) is 5.30 Å². The van der Waals surface area contributed by atoms with E-state index in [-0.39, 0.29) is 11.1 Å². The second kappa shape index (κ2) is 7.62. The summed E-state index contributed by atoms with van der Waals surface area (Å²) in [5, 5.41) is 38.3. The van der Waals surface area contributed by atoms with E-state index >= 15 is 0 Å². The maximum atomic E-state index is 9.06. The van der Waals surface area contributed by atoms with Gasteiger partial charge in [-0.15, -0.1) is 0 Å². The van der Waals surface area contributed by atoms with Crippen LogP contribution in [0.1, 0.15) is 13.8 Å². The Morgan fingerprint density at radius 1 is 0.762 bits per heavy atom. The molecule has 5 heteroatoms. The van der Waals surface area contributed by atoms with E-state index in [4.69, 9.17) is 21.0 Å². The van der Waals surface area contributed by atoms with Crippen molar-refractivity contribution in [1.29, 1.82) is 21.0 Å². The first kappa shape index (κ1) is 16.1. The summed E-state index contributed by atoms with van der Waals surface area (Å²) in [7, 11) is -1.21. The molecule has 100 valence electrons. The van der Waals surface area contributed by atoms with Crippen molar-refractivity contribution in [2.75, 3.05) is 0 Å². The molecule has 4 nitrogen and oxygen atoms in total. The number of nitriles is 4. The normalized spacial score (nSPS) is 8.71. The second-order valence-corrected chi connectivity index (χ2v) is 6.57. The second-order valence-electron chi connectivity index (χ2n) is 4.04. The maximum Gasteiger partial charge on any atom is 0.133 e. The fourth-order valence-corrected chi connectivity index (χ4v) is 4.21. The van der Waals surface area contributed by atoms with Gasteiger partial charge in [-0.3, -0.25) is 0 Å². The molecule has 0 fully saturated rings. The zero-order valence-electron chi connectivity index (χ0n) is 11.6. The minimum Gasteiger partial charge on any atom is -0.192 e. The Hall–Kier alpha value is -2.91. The number of hydrogen-bond acceptors (Lipinski definition) is 4. The number of allylic oxidation sites excluding steroid dienone is 4. The highest BCUT2D eigenvalue weighted by Gasteiger charge is 2.21. The predicted octanol–water partition coefficient (Wildman–Crippen LogP) is 3.44. The minimum absolute atomic E-state index is 0.0274. The van der Waals surface area contributed by atoms with Crippen LogP contribution in [0.2, 0.25) is 0 Å². The number of benzene rings is 1. The smallest absolute Gasteiger partial charge is 0.133 e. The van der Waals surface area contributed by atoms with Crippen LogP contribution >= 0.6 is 7.92 Å². The van der Waals surface area contributed by atoms with Crippen LogP contribution < -0.4 is 5.30 Å². The topological polar surface area (TPSA) is 95.2 Å². The van der Waals surface area contributed by atoms with Gasteiger partial charge in [0.05, 0.1) is 0 Å². The minimum atomic E-state index is -1.21. The molecule has 0 amide bonds. The van der Waals surface area contributed by atoms with Crippen molar-refractivity contribution in [3.05, 3.63) is 52.1 Å². The molecule has 0 saturated heterocycles. The highest BCUT2D eigenvalue weighted by molar-refractivity contribution is 7.73. The van der Waals surface area contributed by atoms with Gasteiger partial charge in [-0.05, 0) is 37.7 Å². The molecule has 21 heavy (non-hydrogen) atoms. The molecule has 0 saturated carbocycles. The van der Waals surface area contributed by atoms with Gasteiger partial charge in [0, 0.05) is 0 Å². The van der Waals surface area contributed by atoms with Gasteiger partial charge in [0.1, 0.15) is 35.4 Å². The summed E-state index contributed by atoms with van der Waals surface area (Å²) >= 11 is 0. The summed E-state index contributed by atoms with van der Waals surface area (Å²) in [4.78, 5) is 0. The van der Waals surface area contributed by atoms with Crippen molar-refractivity contribution >= 4 is 13.2 Å². The lowest BCUT2D eigenvalue weighted by atomic mass is 10.3. The van der Waals surface area contributed by atoms with Crippen LogP contribution in [-0.4, -0.2) is 0 Å². The van der Waals surface area contributed by atoms with Crippen LogP contribution in [0.25, 0.3) is 0 Å².